The Bertz CT molecular complexity index is 1270. The first-order valence-corrected chi connectivity index (χ1v) is 11.1. The molecule has 1 heterocycles. The van der Waals surface area contributed by atoms with Gasteiger partial charge in [0.2, 0.25) is 0 Å². The molecule has 0 saturated heterocycles. The second-order valence-corrected chi connectivity index (χ2v) is 7.85. The first kappa shape index (κ1) is 23.6. The zero-order valence-corrected chi connectivity index (χ0v) is 19.5. The van der Waals surface area contributed by atoms with E-state index in [0.29, 0.717) is 22.7 Å². The van der Waals surface area contributed by atoms with Crippen LogP contribution in [-0.4, -0.2) is 35.1 Å². The molecule has 4 rings (SSSR count). The van der Waals surface area contributed by atoms with Crippen molar-refractivity contribution in [2.45, 2.75) is 13.0 Å². The normalized spacial score (nSPS) is 11.4. The summed E-state index contributed by atoms with van der Waals surface area (Å²) in [6.07, 6.45) is 5.34. The Morgan fingerprint density at radius 2 is 1.77 bits per heavy atom. The summed E-state index contributed by atoms with van der Waals surface area (Å²) in [4.78, 5) is 28.9. The number of hydrogen-bond acceptors (Lipinski definition) is 5. The van der Waals surface area contributed by atoms with Gasteiger partial charge in [0.25, 0.3) is 11.8 Å². The average molecular weight is 471 g/mol. The second-order valence-electron chi connectivity index (χ2n) is 7.85. The Morgan fingerprint density at radius 1 is 1.00 bits per heavy atom. The molecule has 1 atom stereocenters. The van der Waals surface area contributed by atoms with Crippen molar-refractivity contribution in [2.24, 2.45) is 0 Å². The first-order valence-electron chi connectivity index (χ1n) is 11.1. The highest BCUT2D eigenvalue weighted by Crippen LogP contribution is 2.19. The summed E-state index contributed by atoms with van der Waals surface area (Å²) in [5.41, 5.74) is 3.11. The van der Waals surface area contributed by atoms with Gasteiger partial charge in [-0.25, -0.2) is 4.98 Å². The van der Waals surface area contributed by atoms with Crippen LogP contribution >= 0.6 is 0 Å². The number of ether oxygens (including phenoxy) is 2. The highest BCUT2D eigenvalue weighted by molar-refractivity contribution is 5.94. The van der Waals surface area contributed by atoms with Gasteiger partial charge >= 0.3 is 0 Å². The molecule has 0 aliphatic heterocycles. The van der Waals surface area contributed by atoms with Crippen molar-refractivity contribution in [1.82, 2.24) is 14.9 Å². The Morgan fingerprint density at radius 3 is 2.46 bits per heavy atom. The van der Waals surface area contributed by atoms with Crippen molar-refractivity contribution >= 4 is 17.5 Å². The monoisotopic (exact) mass is 470 g/mol. The van der Waals surface area contributed by atoms with E-state index < -0.39 is 0 Å². The predicted octanol–water partition coefficient (Wildman–Crippen LogP) is 4.39. The molecule has 8 heteroatoms. The highest BCUT2D eigenvalue weighted by Gasteiger charge is 2.12. The lowest BCUT2D eigenvalue weighted by atomic mass is 10.1. The fraction of sp³-hybridized carbons (Fsp3) is 0.148. The van der Waals surface area contributed by atoms with Gasteiger partial charge in [-0.1, -0.05) is 18.2 Å². The van der Waals surface area contributed by atoms with Crippen molar-refractivity contribution in [3.05, 3.63) is 103 Å². The van der Waals surface area contributed by atoms with Crippen LogP contribution in [0.3, 0.4) is 0 Å². The minimum Gasteiger partial charge on any atom is -0.497 e. The van der Waals surface area contributed by atoms with Crippen molar-refractivity contribution in [2.75, 3.05) is 19.0 Å². The summed E-state index contributed by atoms with van der Waals surface area (Å²) in [5.74, 6) is 0.648. The van der Waals surface area contributed by atoms with Crippen molar-refractivity contribution in [3.8, 4) is 17.2 Å². The fourth-order valence-corrected chi connectivity index (χ4v) is 3.46. The Hall–Kier alpha value is -4.59. The van der Waals surface area contributed by atoms with E-state index in [-0.39, 0.29) is 24.5 Å². The molecule has 0 bridgehead atoms. The number of aromatic nitrogens is 2. The molecule has 1 aromatic heterocycles. The number of amides is 2. The summed E-state index contributed by atoms with van der Waals surface area (Å²) >= 11 is 0. The smallest absolute Gasteiger partial charge is 0.262 e. The maximum Gasteiger partial charge on any atom is 0.262 e. The molecule has 178 valence electrons. The second kappa shape index (κ2) is 11.0. The summed E-state index contributed by atoms with van der Waals surface area (Å²) in [7, 11) is 1.56. The van der Waals surface area contributed by atoms with Crippen LogP contribution in [0.15, 0.2) is 91.5 Å². The van der Waals surface area contributed by atoms with E-state index in [0.717, 1.165) is 11.3 Å². The quantitative estimate of drug-likeness (QED) is 0.378. The SMILES string of the molecule is COc1cccc(NC(=O)COc2ccc(C(=O)NC(C)c3ccc(-n4ccnc4)cc3)cc2)c1. The third kappa shape index (κ3) is 6.26. The number of imidazole rings is 1. The molecule has 0 fully saturated rings. The Labute approximate surface area is 203 Å². The number of methoxy groups -OCH3 is 1. The molecule has 2 amide bonds. The number of benzene rings is 3. The van der Waals surface area contributed by atoms with Crippen molar-refractivity contribution in [3.63, 3.8) is 0 Å². The number of carbonyl (C=O) groups excluding carboxylic acids is 2. The van der Waals surface area contributed by atoms with Crippen molar-refractivity contribution in [1.29, 1.82) is 0 Å². The highest BCUT2D eigenvalue weighted by atomic mass is 16.5. The van der Waals surface area contributed by atoms with Crippen LogP contribution in [0.1, 0.15) is 28.9 Å². The standard InChI is InChI=1S/C27H26N4O4/c1-19(20-6-10-23(11-7-20)31-15-14-28-18-31)29-27(33)21-8-12-24(13-9-21)35-17-26(32)30-22-4-3-5-25(16-22)34-2/h3-16,18-19H,17H2,1-2H3,(H,29,33)(H,30,32). The van der Waals surface area contributed by atoms with Gasteiger partial charge in [-0.2, -0.15) is 0 Å². The summed E-state index contributed by atoms with van der Waals surface area (Å²) in [6, 6.07) is 21.5. The summed E-state index contributed by atoms with van der Waals surface area (Å²) in [5, 5.41) is 5.75. The van der Waals surface area contributed by atoms with Gasteiger partial charge in [-0.3, -0.25) is 9.59 Å². The van der Waals surface area contributed by atoms with Gasteiger partial charge in [0.1, 0.15) is 11.5 Å². The number of anilines is 1. The Balaban J connectivity index is 1.27. The number of hydrogen-bond donors (Lipinski definition) is 2. The lowest BCUT2D eigenvalue weighted by molar-refractivity contribution is -0.118. The number of nitrogens with zero attached hydrogens (tertiary/aromatic N) is 2. The third-order valence-electron chi connectivity index (χ3n) is 5.38. The molecule has 0 spiro atoms. The molecule has 0 aliphatic carbocycles. The van der Waals surface area contributed by atoms with Gasteiger partial charge in [-0.15, -0.1) is 0 Å². The van der Waals surface area contributed by atoms with E-state index >= 15 is 0 Å². The average Bonchev–Trinajstić information content (AvgIpc) is 3.43. The summed E-state index contributed by atoms with van der Waals surface area (Å²) in [6.45, 7) is 1.78. The molecular weight excluding hydrogens is 444 g/mol. The molecule has 35 heavy (non-hydrogen) atoms. The minimum absolute atomic E-state index is 0.158. The molecule has 0 aliphatic rings. The molecule has 0 radical (unpaired) electrons. The van der Waals surface area contributed by atoms with Crippen LogP contribution in [0, 0.1) is 0 Å². The molecular formula is C27H26N4O4. The Kier molecular flexibility index (Phi) is 7.42. The number of rotatable bonds is 9. The predicted molar refractivity (Wildman–Crippen MR) is 133 cm³/mol. The van der Waals surface area contributed by atoms with Crippen LogP contribution in [0.2, 0.25) is 0 Å². The fourth-order valence-electron chi connectivity index (χ4n) is 3.46. The maximum atomic E-state index is 12.7. The first-order chi connectivity index (χ1) is 17.0. The molecule has 2 N–H and O–H groups in total. The van der Waals surface area contributed by atoms with E-state index in [1.807, 2.05) is 42.0 Å². The minimum atomic E-state index is -0.298. The number of nitrogens with one attached hydrogen (secondary N) is 2. The maximum absolute atomic E-state index is 12.7. The zero-order chi connectivity index (χ0) is 24.6. The van der Waals surface area contributed by atoms with Crippen LogP contribution < -0.4 is 20.1 Å². The lowest BCUT2D eigenvalue weighted by Gasteiger charge is -2.15. The van der Waals surface area contributed by atoms with E-state index in [1.165, 1.54) is 0 Å². The van der Waals surface area contributed by atoms with E-state index in [1.54, 1.807) is 68.2 Å². The molecule has 4 aromatic rings. The van der Waals surface area contributed by atoms with Crippen LogP contribution in [0.5, 0.6) is 11.5 Å². The van der Waals surface area contributed by atoms with Crippen LogP contribution in [0.25, 0.3) is 5.69 Å². The van der Waals surface area contributed by atoms with Gasteiger partial charge < -0.3 is 24.7 Å². The van der Waals surface area contributed by atoms with Gasteiger partial charge in [-0.05, 0) is 61.0 Å². The van der Waals surface area contributed by atoms with Gasteiger partial charge in [0.05, 0.1) is 19.5 Å². The van der Waals surface area contributed by atoms with Crippen LogP contribution in [0.4, 0.5) is 5.69 Å². The van der Waals surface area contributed by atoms with Gasteiger partial charge in [0.15, 0.2) is 6.61 Å². The summed E-state index contributed by atoms with van der Waals surface area (Å²) < 4.78 is 12.6. The molecule has 8 nitrogen and oxygen atoms in total. The van der Waals surface area contributed by atoms with Gasteiger partial charge in [0, 0.05) is 35.4 Å². The zero-order valence-electron chi connectivity index (χ0n) is 19.5. The number of carbonyl (C=O) groups is 2. The molecule has 3 aromatic carbocycles. The van der Waals surface area contributed by atoms with E-state index in [9.17, 15) is 9.59 Å². The van der Waals surface area contributed by atoms with Crippen LogP contribution in [-0.2, 0) is 4.79 Å². The topological polar surface area (TPSA) is 94.5 Å². The van der Waals surface area contributed by atoms with Crippen molar-refractivity contribution < 1.29 is 19.1 Å². The largest absolute Gasteiger partial charge is 0.497 e. The molecule has 0 saturated carbocycles. The van der Waals surface area contributed by atoms with E-state index in [4.69, 9.17) is 9.47 Å². The van der Waals surface area contributed by atoms with E-state index in [2.05, 4.69) is 15.6 Å². The lowest BCUT2D eigenvalue weighted by Crippen LogP contribution is -2.26. The third-order valence-corrected chi connectivity index (χ3v) is 5.38. The molecule has 1 unspecified atom stereocenters.